The molecule has 1 aromatic carbocycles. The second kappa shape index (κ2) is 9.11. The highest BCUT2D eigenvalue weighted by Gasteiger charge is 2.39. The fraction of sp³-hybridized carbons (Fsp3) is 0.500. The Morgan fingerprint density at radius 1 is 1.16 bits per heavy atom. The van der Waals surface area contributed by atoms with E-state index in [2.05, 4.69) is 27.8 Å². The molecule has 1 unspecified atom stereocenters. The van der Waals surface area contributed by atoms with Gasteiger partial charge in [-0.2, -0.15) is 0 Å². The van der Waals surface area contributed by atoms with Gasteiger partial charge in [0.15, 0.2) is 0 Å². The molecule has 0 bridgehead atoms. The number of nitrogens with zero attached hydrogens (tertiary/aromatic N) is 2. The van der Waals surface area contributed by atoms with Crippen LogP contribution in [0.1, 0.15) is 65.0 Å². The van der Waals surface area contributed by atoms with Gasteiger partial charge in [-0.25, -0.2) is 4.98 Å². The lowest BCUT2D eigenvalue weighted by molar-refractivity contribution is -0.136. The van der Waals surface area contributed by atoms with Crippen LogP contribution in [0.5, 0.6) is 0 Å². The van der Waals surface area contributed by atoms with Crippen LogP contribution in [-0.4, -0.2) is 39.7 Å². The molecular formula is C24H28N4O3S. The molecule has 8 heteroatoms. The van der Waals surface area contributed by atoms with Crippen LogP contribution in [0.4, 0.5) is 0 Å². The van der Waals surface area contributed by atoms with Crippen LogP contribution >= 0.6 is 11.3 Å². The lowest BCUT2D eigenvalue weighted by atomic mass is 9.80. The summed E-state index contributed by atoms with van der Waals surface area (Å²) in [6.07, 6.45) is 8.40. The van der Waals surface area contributed by atoms with Crippen molar-refractivity contribution in [1.29, 1.82) is 0 Å². The summed E-state index contributed by atoms with van der Waals surface area (Å²) in [7, 11) is 0. The molecular weight excluding hydrogens is 424 g/mol. The van der Waals surface area contributed by atoms with E-state index in [4.69, 9.17) is 0 Å². The molecule has 2 N–H and O–H groups in total. The highest BCUT2D eigenvalue weighted by atomic mass is 32.1. The molecule has 2 aliphatic heterocycles. The number of benzene rings is 1. The smallest absolute Gasteiger partial charge is 0.255 e. The molecule has 1 saturated carbocycles. The van der Waals surface area contributed by atoms with Gasteiger partial charge in [-0.1, -0.05) is 25.0 Å². The van der Waals surface area contributed by atoms with Crippen LogP contribution in [0.25, 0.3) is 0 Å². The number of hydrogen-bond acceptors (Lipinski definition) is 6. The maximum atomic E-state index is 12.9. The summed E-state index contributed by atoms with van der Waals surface area (Å²) in [6.45, 7) is 1.25. The zero-order valence-corrected chi connectivity index (χ0v) is 18.8. The Labute approximate surface area is 191 Å². The Kier molecular flexibility index (Phi) is 6.06. The monoisotopic (exact) mass is 452 g/mol. The van der Waals surface area contributed by atoms with Crippen molar-refractivity contribution in [3.05, 3.63) is 51.5 Å². The van der Waals surface area contributed by atoms with Gasteiger partial charge >= 0.3 is 0 Å². The van der Waals surface area contributed by atoms with Crippen molar-refractivity contribution in [1.82, 2.24) is 20.5 Å². The summed E-state index contributed by atoms with van der Waals surface area (Å²) in [4.78, 5) is 42.7. The maximum absolute atomic E-state index is 12.9. The highest BCUT2D eigenvalue weighted by Crippen LogP contribution is 2.32. The predicted octanol–water partition coefficient (Wildman–Crippen LogP) is 2.80. The number of nitrogens with one attached hydrogen (secondary N) is 2. The summed E-state index contributed by atoms with van der Waals surface area (Å²) in [6, 6.07) is 6.04. The molecule has 3 atom stereocenters. The molecule has 2 fully saturated rings. The lowest BCUT2D eigenvalue weighted by Gasteiger charge is -2.32. The first-order chi connectivity index (χ1) is 15.6. The average Bonchev–Trinajstić information content (AvgIpc) is 3.41. The normalized spacial score (nSPS) is 25.7. The molecule has 0 radical (unpaired) electrons. The van der Waals surface area contributed by atoms with Gasteiger partial charge in [0.2, 0.25) is 11.8 Å². The molecule has 0 spiro atoms. The van der Waals surface area contributed by atoms with Gasteiger partial charge in [0.1, 0.15) is 11.0 Å². The van der Waals surface area contributed by atoms with Crippen LogP contribution in [0.3, 0.4) is 0 Å². The second-order valence-electron chi connectivity index (χ2n) is 9.05. The van der Waals surface area contributed by atoms with Gasteiger partial charge in [0.25, 0.3) is 5.91 Å². The van der Waals surface area contributed by atoms with Crippen molar-refractivity contribution in [3.63, 3.8) is 0 Å². The van der Waals surface area contributed by atoms with E-state index < -0.39 is 6.04 Å². The molecule has 32 heavy (non-hydrogen) atoms. The van der Waals surface area contributed by atoms with Crippen LogP contribution in [0.2, 0.25) is 0 Å². The Morgan fingerprint density at radius 3 is 2.84 bits per heavy atom. The van der Waals surface area contributed by atoms with E-state index in [1.807, 2.05) is 17.6 Å². The number of imide groups is 1. The molecule has 3 amide bonds. The van der Waals surface area contributed by atoms with E-state index in [0.717, 1.165) is 23.5 Å². The number of thiazole rings is 1. The minimum atomic E-state index is -0.561. The van der Waals surface area contributed by atoms with Crippen LogP contribution in [0, 0.1) is 5.92 Å². The Morgan fingerprint density at radius 2 is 2.03 bits per heavy atom. The standard InChI is InChI=1S/C24H28N4O3S/c29-21-8-7-20(23(30)27-21)28-14-17-12-15(5-6-18(17)24(28)31)11-16-3-1-2-4-19(16)26-13-22-25-9-10-32-22/h5-6,9-10,12,16,19-20,26H,1-4,7-8,11,13-14H2,(H,27,29,30)/t16-,19+,20?/m1/s1. The Balaban J connectivity index is 1.26. The van der Waals surface area contributed by atoms with E-state index >= 15 is 0 Å². The van der Waals surface area contributed by atoms with Crippen LogP contribution in [-0.2, 0) is 29.1 Å². The third-order valence-corrected chi connectivity index (χ3v) is 7.77. The number of carbonyl (C=O) groups excluding carboxylic acids is 3. The lowest BCUT2D eigenvalue weighted by Crippen LogP contribution is -2.52. The van der Waals surface area contributed by atoms with Crippen molar-refractivity contribution < 1.29 is 14.4 Å². The minimum Gasteiger partial charge on any atom is -0.322 e. The summed E-state index contributed by atoms with van der Waals surface area (Å²) in [5.74, 6) is -0.172. The SMILES string of the molecule is O=C1CCC(N2Cc3cc(C[C@H]4CCCC[C@@H]4NCc4nccs4)ccc3C2=O)C(=O)N1. The van der Waals surface area contributed by atoms with E-state index in [1.165, 1.54) is 31.2 Å². The summed E-state index contributed by atoms with van der Waals surface area (Å²) in [5, 5.41) is 9.23. The minimum absolute atomic E-state index is 0.110. The zero-order chi connectivity index (χ0) is 22.1. The number of hydrogen-bond donors (Lipinski definition) is 2. The molecule has 1 aliphatic carbocycles. The second-order valence-corrected chi connectivity index (χ2v) is 10.0. The van der Waals surface area contributed by atoms with E-state index in [1.54, 1.807) is 16.2 Å². The third-order valence-electron chi connectivity index (χ3n) is 6.99. The summed E-state index contributed by atoms with van der Waals surface area (Å²) < 4.78 is 0. The topological polar surface area (TPSA) is 91.4 Å². The van der Waals surface area contributed by atoms with Crippen molar-refractivity contribution in [3.8, 4) is 0 Å². The van der Waals surface area contributed by atoms with Gasteiger partial charge in [0.05, 0.1) is 0 Å². The molecule has 1 saturated heterocycles. The predicted molar refractivity (Wildman–Crippen MR) is 121 cm³/mol. The maximum Gasteiger partial charge on any atom is 0.255 e. The van der Waals surface area contributed by atoms with Gasteiger partial charge in [-0.15, -0.1) is 11.3 Å². The number of carbonyl (C=O) groups is 3. The fourth-order valence-corrected chi connectivity index (χ4v) is 5.90. The first kappa shape index (κ1) is 21.3. The highest BCUT2D eigenvalue weighted by molar-refractivity contribution is 7.09. The Hall–Kier alpha value is -2.58. The van der Waals surface area contributed by atoms with E-state index in [0.29, 0.717) is 30.5 Å². The number of piperidine rings is 1. The van der Waals surface area contributed by atoms with Gasteiger partial charge in [-0.05, 0) is 48.8 Å². The number of fused-ring (bicyclic) bond motifs is 1. The van der Waals surface area contributed by atoms with Gasteiger partial charge in [0, 0.05) is 42.7 Å². The number of rotatable bonds is 6. The van der Waals surface area contributed by atoms with Crippen molar-refractivity contribution >= 4 is 29.1 Å². The summed E-state index contributed by atoms with van der Waals surface area (Å²) in [5.41, 5.74) is 2.91. The van der Waals surface area contributed by atoms with Crippen LogP contribution in [0.15, 0.2) is 29.8 Å². The molecule has 1 aromatic heterocycles. The fourth-order valence-electron chi connectivity index (χ4n) is 5.34. The third kappa shape index (κ3) is 4.34. The first-order valence-electron chi connectivity index (χ1n) is 11.5. The quantitative estimate of drug-likeness (QED) is 0.658. The van der Waals surface area contributed by atoms with Gasteiger partial charge < -0.3 is 10.2 Å². The zero-order valence-electron chi connectivity index (χ0n) is 18.0. The molecule has 3 heterocycles. The van der Waals surface area contributed by atoms with E-state index in [9.17, 15) is 14.4 Å². The number of aromatic nitrogens is 1. The first-order valence-corrected chi connectivity index (χ1v) is 12.3. The molecule has 2 aromatic rings. The average molecular weight is 453 g/mol. The molecule has 5 rings (SSSR count). The van der Waals surface area contributed by atoms with Crippen LogP contribution < -0.4 is 10.6 Å². The Bertz CT molecular complexity index is 1020. The van der Waals surface area contributed by atoms with Crippen molar-refractivity contribution in [2.45, 2.75) is 70.1 Å². The molecule has 7 nitrogen and oxygen atoms in total. The van der Waals surface area contributed by atoms with Gasteiger partial charge in [-0.3, -0.25) is 19.7 Å². The number of amides is 3. The van der Waals surface area contributed by atoms with E-state index in [-0.39, 0.29) is 24.1 Å². The molecule has 168 valence electrons. The summed E-state index contributed by atoms with van der Waals surface area (Å²) >= 11 is 1.69. The van der Waals surface area contributed by atoms with Crippen molar-refractivity contribution in [2.75, 3.05) is 0 Å². The molecule has 3 aliphatic rings. The van der Waals surface area contributed by atoms with Crippen molar-refractivity contribution in [2.24, 2.45) is 5.92 Å². The largest absolute Gasteiger partial charge is 0.322 e.